The smallest absolute Gasteiger partial charge is 0.137 e. The number of ether oxygens (including phenoxy) is 1. The fraction of sp³-hybridized carbons (Fsp3) is 0.538. The van der Waals surface area contributed by atoms with E-state index in [1.807, 2.05) is 19.2 Å². The molecule has 1 saturated heterocycles. The molecule has 0 atom stereocenters. The summed E-state index contributed by atoms with van der Waals surface area (Å²) in [5.41, 5.74) is 0.987. The topological polar surface area (TPSA) is 21.3 Å². The molecule has 1 aliphatic heterocycles. The lowest BCUT2D eigenvalue weighted by Crippen LogP contribution is -2.17. The molecule has 17 heavy (non-hydrogen) atoms. The quantitative estimate of drug-likeness (QED) is 0.894. The summed E-state index contributed by atoms with van der Waals surface area (Å²) in [6, 6.07) is 5.50. The number of nitrogens with one attached hydrogen (secondary N) is 1. The van der Waals surface area contributed by atoms with Crippen LogP contribution in [0.3, 0.4) is 0 Å². The van der Waals surface area contributed by atoms with Gasteiger partial charge in [-0.3, -0.25) is 0 Å². The average molecular weight is 255 g/mol. The molecule has 2 nitrogen and oxygen atoms in total. The third-order valence-electron chi connectivity index (χ3n) is 2.84. The van der Waals surface area contributed by atoms with Crippen molar-refractivity contribution in [3.05, 3.63) is 29.6 Å². The molecule has 1 aliphatic rings. The van der Waals surface area contributed by atoms with Gasteiger partial charge < -0.3 is 10.1 Å². The van der Waals surface area contributed by atoms with Crippen molar-refractivity contribution in [1.82, 2.24) is 5.32 Å². The van der Waals surface area contributed by atoms with Crippen LogP contribution in [0.2, 0.25) is 0 Å². The average Bonchev–Trinajstić information content (AvgIpc) is 2.34. The molecule has 0 spiro atoms. The highest BCUT2D eigenvalue weighted by molar-refractivity contribution is 8.00. The Hall–Kier alpha value is -0.580. The maximum Gasteiger partial charge on any atom is 0.137 e. The number of hydrogen-bond donors (Lipinski definition) is 1. The van der Waals surface area contributed by atoms with Crippen molar-refractivity contribution in [3.8, 4) is 0 Å². The van der Waals surface area contributed by atoms with Gasteiger partial charge in [-0.05, 0) is 37.6 Å². The Kier molecular flexibility index (Phi) is 4.83. The van der Waals surface area contributed by atoms with Gasteiger partial charge in [-0.15, -0.1) is 11.8 Å². The van der Waals surface area contributed by atoms with Crippen LogP contribution in [-0.2, 0) is 11.3 Å². The van der Waals surface area contributed by atoms with E-state index >= 15 is 0 Å². The van der Waals surface area contributed by atoms with Gasteiger partial charge in [0, 0.05) is 29.9 Å². The largest absolute Gasteiger partial charge is 0.381 e. The molecule has 0 bridgehead atoms. The molecule has 1 N–H and O–H groups in total. The third kappa shape index (κ3) is 3.69. The molecular weight excluding hydrogens is 237 g/mol. The van der Waals surface area contributed by atoms with E-state index in [1.54, 1.807) is 17.8 Å². The fourth-order valence-corrected chi connectivity index (χ4v) is 3.03. The molecule has 0 aliphatic carbocycles. The lowest BCUT2D eigenvalue weighted by atomic mass is 10.2. The molecule has 1 aromatic carbocycles. The van der Waals surface area contributed by atoms with Gasteiger partial charge in [0.25, 0.3) is 0 Å². The van der Waals surface area contributed by atoms with E-state index in [1.165, 1.54) is 0 Å². The zero-order chi connectivity index (χ0) is 12.1. The molecule has 0 amide bonds. The van der Waals surface area contributed by atoms with Crippen molar-refractivity contribution < 1.29 is 9.13 Å². The van der Waals surface area contributed by atoms with Gasteiger partial charge in [-0.2, -0.15) is 0 Å². The van der Waals surface area contributed by atoms with Gasteiger partial charge in [-0.25, -0.2) is 4.39 Å². The van der Waals surface area contributed by atoms with E-state index in [0.717, 1.165) is 36.5 Å². The van der Waals surface area contributed by atoms with E-state index in [4.69, 9.17) is 4.74 Å². The number of halogens is 1. The van der Waals surface area contributed by atoms with E-state index in [0.29, 0.717) is 11.8 Å². The molecule has 2 rings (SSSR count). The fourth-order valence-electron chi connectivity index (χ4n) is 1.93. The van der Waals surface area contributed by atoms with Crippen molar-refractivity contribution in [2.45, 2.75) is 29.5 Å². The monoisotopic (exact) mass is 255 g/mol. The number of rotatable bonds is 4. The first-order chi connectivity index (χ1) is 8.29. The highest BCUT2D eigenvalue weighted by Gasteiger charge is 2.16. The van der Waals surface area contributed by atoms with E-state index in [-0.39, 0.29) is 5.82 Å². The van der Waals surface area contributed by atoms with Crippen LogP contribution in [0.1, 0.15) is 18.4 Å². The normalized spacial score (nSPS) is 17.3. The summed E-state index contributed by atoms with van der Waals surface area (Å²) in [4.78, 5) is 0.761. The van der Waals surface area contributed by atoms with Crippen molar-refractivity contribution in [2.75, 3.05) is 20.3 Å². The molecule has 1 heterocycles. The zero-order valence-electron chi connectivity index (χ0n) is 10.0. The summed E-state index contributed by atoms with van der Waals surface area (Å²) < 4.78 is 19.2. The van der Waals surface area contributed by atoms with E-state index in [2.05, 4.69) is 5.32 Å². The van der Waals surface area contributed by atoms with Crippen molar-refractivity contribution in [1.29, 1.82) is 0 Å². The van der Waals surface area contributed by atoms with Crippen LogP contribution in [0.15, 0.2) is 23.1 Å². The Morgan fingerprint density at radius 1 is 1.41 bits per heavy atom. The minimum Gasteiger partial charge on any atom is -0.381 e. The lowest BCUT2D eigenvalue weighted by Gasteiger charge is -2.21. The molecule has 94 valence electrons. The predicted octanol–water partition coefficient (Wildman–Crippen LogP) is 2.82. The van der Waals surface area contributed by atoms with Crippen molar-refractivity contribution >= 4 is 11.8 Å². The first kappa shape index (κ1) is 12.9. The number of benzene rings is 1. The predicted molar refractivity (Wildman–Crippen MR) is 68.9 cm³/mol. The highest BCUT2D eigenvalue weighted by Crippen LogP contribution is 2.31. The molecule has 4 heteroatoms. The Bertz CT molecular complexity index is 366. The maximum atomic E-state index is 13.8. The van der Waals surface area contributed by atoms with Gasteiger partial charge in [-0.1, -0.05) is 6.07 Å². The molecule has 1 fully saturated rings. The Balaban J connectivity index is 2.00. The van der Waals surface area contributed by atoms with Crippen LogP contribution in [0.25, 0.3) is 0 Å². The SMILES string of the molecule is CNCc1ccc(SC2CCOCC2)c(F)c1. The minimum atomic E-state index is -0.103. The molecule has 0 saturated carbocycles. The van der Waals surface area contributed by atoms with Crippen LogP contribution in [0.5, 0.6) is 0 Å². The Morgan fingerprint density at radius 3 is 2.82 bits per heavy atom. The molecule has 1 aromatic rings. The second-order valence-corrected chi connectivity index (χ2v) is 5.57. The summed E-state index contributed by atoms with van der Waals surface area (Å²) >= 11 is 1.64. The van der Waals surface area contributed by atoms with Crippen LogP contribution < -0.4 is 5.32 Å². The molecule has 0 aromatic heterocycles. The highest BCUT2D eigenvalue weighted by atomic mass is 32.2. The van der Waals surface area contributed by atoms with E-state index < -0.39 is 0 Å². The molecule has 0 radical (unpaired) electrons. The van der Waals surface area contributed by atoms with Gasteiger partial charge in [0.2, 0.25) is 0 Å². The summed E-state index contributed by atoms with van der Waals surface area (Å²) in [6.45, 7) is 2.31. The Morgan fingerprint density at radius 2 is 2.18 bits per heavy atom. The minimum absolute atomic E-state index is 0.103. The van der Waals surface area contributed by atoms with Crippen LogP contribution in [0.4, 0.5) is 4.39 Å². The molecule has 0 unspecified atom stereocenters. The number of thioether (sulfide) groups is 1. The maximum absolute atomic E-state index is 13.8. The summed E-state index contributed by atoms with van der Waals surface area (Å²) in [7, 11) is 1.86. The van der Waals surface area contributed by atoms with Gasteiger partial charge >= 0.3 is 0 Å². The van der Waals surface area contributed by atoms with Crippen LogP contribution in [0, 0.1) is 5.82 Å². The zero-order valence-corrected chi connectivity index (χ0v) is 10.9. The lowest BCUT2D eigenvalue weighted by molar-refractivity contribution is 0.1000. The second-order valence-electron chi connectivity index (χ2n) is 4.22. The van der Waals surface area contributed by atoms with E-state index in [9.17, 15) is 4.39 Å². The summed E-state index contributed by atoms with van der Waals surface area (Å²) in [6.07, 6.45) is 2.03. The first-order valence-corrected chi connectivity index (χ1v) is 6.85. The standard InChI is InChI=1S/C13H18FNOS/c1-15-9-10-2-3-13(12(14)8-10)17-11-4-6-16-7-5-11/h2-3,8,11,15H,4-7,9H2,1H3. The van der Waals surface area contributed by atoms with Crippen LogP contribution in [-0.4, -0.2) is 25.5 Å². The summed E-state index contributed by atoms with van der Waals surface area (Å²) in [5, 5.41) is 3.52. The molecular formula is C13H18FNOS. The number of hydrogen-bond acceptors (Lipinski definition) is 3. The third-order valence-corrected chi connectivity index (χ3v) is 4.23. The first-order valence-electron chi connectivity index (χ1n) is 5.97. The van der Waals surface area contributed by atoms with Gasteiger partial charge in [0.15, 0.2) is 0 Å². The summed E-state index contributed by atoms with van der Waals surface area (Å²) in [5.74, 6) is -0.103. The van der Waals surface area contributed by atoms with Crippen molar-refractivity contribution in [2.24, 2.45) is 0 Å². The van der Waals surface area contributed by atoms with Crippen LogP contribution >= 0.6 is 11.8 Å². The van der Waals surface area contributed by atoms with Crippen molar-refractivity contribution in [3.63, 3.8) is 0 Å². The Labute approximate surface area is 106 Å². The second kappa shape index (κ2) is 6.38. The van der Waals surface area contributed by atoms with Gasteiger partial charge in [0.05, 0.1) is 0 Å². The van der Waals surface area contributed by atoms with Gasteiger partial charge in [0.1, 0.15) is 5.82 Å².